The minimum absolute atomic E-state index is 0.574. The largest absolute Gasteiger partial charge is 0.305 e. The van der Waals surface area contributed by atoms with Crippen LogP contribution >= 0.6 is 0 Å². The molecule has 3 rings (SSSR count). The van der Waals surface area contributed by atoms with Gasteiger partial charge in [0.05, 0.1) is 0 Å². The summed E-state index contributed by atoms with van der Waals surface area (Å²) < 4.78 is 0. The number of nitrogens with zero attached hydrogens (tertiary/aromatic N) is 1. The third kappa shape index (κ3) is 3.88. The van der Waals surface area contributed by atoms with Gasteiger partial charge in [-0.1, -0.05) is 48.6 Å². The Morgan fingerprint density at radius 1 is 1.25 bits per heavy atom. The maximum atomic E-state index is 7.86. The summed E-state index contributed by atoms with van der Waals surface area (Å²) in [5.41, 5.74) is 6.42. The molecule has 1 aliphatic carbocycles. The van der Waals surface area contributed by atoms with Crippen LogP contribution in [-0.4, -0.2) is 10.7 Å². The number of allylic oxidation sites excluding steroid dienone is 4. The molecule has 0 saturated carbocycles. The number of hydrogen-bond donors (Lipinski definition) is 1. The summed E-state index contributed by atoms with van der Waals surface area (Å²) in [5.74, 6) is 0.574. The lowest BCUT2D eigenvalue weighted by Gasteiger charge is -2.16. The van der Waals surface area contributed by atoms with Crippen LogP contribution in [-0.2, 0) is 6.42 Å². The van der Waals surface area contributed by atoms with Gasteiger partial charge in [-0.3, -0.25) is 4.98 Å². The van der Waals surface area contributed by atoms with Crippen LogP contribution in [0.3, 0.4) is 0 Å². The summed E-state index contributed by atoms with van der Waals surface area (Å²) >= 11 is 0. The molecule has 0 spiro atoms. The number of rotatable bonds is 5. The topological polar surface area (TPSA) is 36.7 Å². The summed E-state index contributed by atoms with van der Waals surface area (Å²) in [7, 11) is 0. The molecule has 2 nitrogen and oxygen atoms in total. The maximum Gasteiger partial charge on any atom is 0.0410 e. The second-order valence-corrected chi connectivity index (χ2v) is 6.53. The van der Waals surface area contributed by atoms with Crippen molar-refractivity contribution in [3.05, 3.63) is 83.2 Å². The Kier molecular flexibility index (Phi) is 5.05. The van der Waals surface area contributed by atoms with Crippen molar-refractivity contribution in [3.63, 3.8) is 0 Å². The van der Waals surface area contributed by atoms with E-state index in [4.69, 9.17) is 5.41 Å². The summed E-state index contributed by atoms with van der Waals surface area (Å²) in [6, 6.07) is 12.6. The van der Waals surface area contributed by atoms with E-state index in [2.05, 4.69) is 59.6 Å². The highest BCUT2D eigenvalue weighted by atomic mass is 14.7. The molecule has 0 saturated heterocycles. The van der Waals surface area contributed by atoms with Crippen molar-refractivity contribution in [3.8, 4) is 0 Å². The average Bonchev–Trinajstić information content (AvgIpc) is 2.62. The van der Waals surface area contributed by atoms with Crippen LogP contribution in [0.25, 0.3) is 5.57 Å². The second kappa shape index (κ2) is 7.39. The standard InChI is InChI=1S/C22H24N2/c1-16-15-24-21(14-22(16)17(2)23)13-10-18-8-11-20(12-9-18)19-6-4-3-5-7-19/h3-8,11-12,14-15,18,23H,9-10,13H2,1-2H3. The van der Waals surface area contributed by atoms with Gasteiger partial charge < -0.3 is 5.41 Å². The van der Waals surface area contributed by atoms with Gasteiger partial charge in [0, 0.05) is 23.2 Å². The van der Waals surface area contributed by atoms with Crippen LogP contribution in [0.15, 0.2) is 60.8 Å². The molecule has 0 fully saturated rings. The van der Waals surface area contributed by atoms with E-state index >= 15 is 0 Å². The van der Waals surface area contributed by atoms with Crippen LogP contribution in [0.5, 0.6) is 0 Å². The monoisotopic (exact) mass is 316 g/mol. The van der Waals surface area contributed by atoms with Gasteiger partial charge in [-0.05, 0) is 61.8 Å². The quantitative estimate of drug-likeness (QED) is 0.740. The molecular formula is C22H24N2. The lowest BCUT2D eigenvalue weighted by atomic mass is 9.89. The first kappa shape index (κ1) is 16.4. The van der Waals surface area contributed by atoms with Crippen molar-refractivity contribution in [2.75, 3.05) is 0 Å². The molecule has 1 atom stereocenters. The molecular weight excluding hydrogens is 292 g/mol. The summed E-state index contributed by atoms with van der Waals surface area (Å²) in [6.07, 6.45) is 12.0. The van der Waals surface area contributed by atoms with Crippen molar-refractivity contribution in [2.24, 2.45) is 5.92 Å². The van der Waals surface area contributed by atoms with Gasteiger partial charge in [0.15, 0.2) is 0 Å². The fraction of sp³-hybridized carbons (Fsp3) is 0.273. The Bertz CT molecular complexity index is 785. The Morgan fingerprint density at radius 2 is 2.04 bits per heavy atom. The van der Waals surface area contributed by atoms with Crippen molar-refractivity contribution < 1.29 is 0 Å². The molecule has 1 aromatic carbocycles. The van der Waals surface area contributed by atoms with Crippen molar-refractivity contribution in [1.82, 2.24) is 4.98 Å². The molecule has 1 heterocycles. The van der Waals surface area contributed by atoms with E-state index in [0.29, 0.717) is 11.6 Å². The molecule has 122 valence electrons. The highest BCUT2D eigenvalue weighted by Crippen LogP contribution is 2.26. The molecule has 2 aromatic rings. The maximum absolute atomic E-state index is 7.86. The zero-order valence-corrected chi connectivity index (χ0v) is 14.4. The molecule has 0 amide bonds. The van der Waals surface area contributed by atoms with Crippen LogP contribution in [0.4, 0.5) is 0 Å². The number of benzene rings is 1. The predicted molar refractivity (Wildman–Crippen MR) is 101 cm³/mol. The lowest BCUT2D eigenvalue weighted by Crippen LogP contribution is -2.05. The first-order valence-electron chi connectivity index (χ1n) is 8.58. The Labute approximate surface area is 144 Å². The summed E-state index contributed by atoms with van der Waals surface area (Å²) in [5, 5.41) is 7.86. The smallest absolute Gasteiger partial charge is 0.0410 e. The third-order valence-corrected chi connectivity index (χ3v) is 4.63. The Hall–Kier alpha value is -2.48. The number of pyridine rings is 1. The molecule has 1 N–H and O–H groups in total. The van der Waals surface area contributed by atoms with E-state index in [1.807, 2.05) is 20.0 Å². The van der Waals surface area contributed by atoms with Crippen LogP contribution in [0, 0.1) is 18.3 Å². The van der Waals surface area contributed by atoms with E-state index in [9.17, 15) is 0 Å². The SMILES string of the molecule is CC(=N)c1cc(CCC2C=CC(c3ccccc3)=CC2)ncc1C. The summed E-state index contributed by atoms with van der Waals surface area (Å²) in [6.45, 7) is 3.86. The van der Waals surface area contributed by atoms with Crippen molar-refractivity contribution >= 4 is 11.3 Å². The van der Waals surface area contributed by atoms with Crippen molar-refractivity contribution in [1.29, 1.82) is 5.41 Å². The van der Waals surface area contributed by atoms with Gasteiger partial charge in [0.25, 0.3) is 0 Å². The van der Waals surface area contributed by atoms with E-state index in [1.165, 1.54) is 11.1 Å². The number of aromatic nitrogens is 1. The molecule has 0 aliphatic heterocycles. The number of hydrogen-bond acceptors (Lipinski definition) is 2. The third-order valence-electron chi connectivity index (χ3n) is 4.63. The molecule has 1 unspecified atom stereocenters. The molecule has 0 bridgehead atoms. The second-order valence-electron chi connectivity index (χ2n) is 6.53. The zero-order valence-electron chi connectivity index (χ0n) is 14.4. The van der Waals surface area contributed by atoms with Crippen LogP contribution < -0.4 is 0 Å². The fourth-order valence-corrected chi connectivity index (χ4v) is 3.16. The molecule has 24 heavy (non-hydrogen) atoms. The normalized spacial score (nSPS) is 16.8. The van der Waals surface area contributed by atoms with Crippen LogP contribution in [0.1, 0.15) is 42.1 Å². The van der Waals surface area contributed by atoms with E-state index in [1.54, 1.807) is 0 Å². The zero-order chi connectivity index (χ0) is 16.9. The van der Waals surface area contributed by atoms with Gasteiger partial charge >= 0.3 is 0 Å². The van der Waals surface area contributed by atoms with E-state index in [-0.39, 0.29) is 0 Å². The van der Waals surface area contributed by atoms with Gasteiger partial charge in [-0.25, -0.2) is 0 Å². The minimum Gasteiger partial charge on any atom is -0.305 e. The predicted octanol–water partition coefficient (Wildman–Crippen LogP) is 5.37. The Balaban J connectivity index is 1.60. The van der Waals surface area contributed by atoms with E-state index in [0.717, 1.165) is 36.1 Å². The highest BCUT2D eigenvalue weighted by Gasteiger charge is 2.11. The molecule has 0 radical (unpaired) electrons. The van der Waals surface area contributed by atoms with Gasteiger partial charge in [0.2, 0.25) is 0 Å². The van der Waals surface area contributed by atoms with Crippen molar-refractivity contribution in [2.45, 2.75) is 33.1 Å². The van der Waals surface area contributed by atoms with Gasteiger partial charge in [-0.2, -0.15) is 0 Å². The first-order valence-corrected chi connectivity index (χ1v) is 8.58. The molecule has 1 aliphatic rings. The highest BCUT2D eigenvalue weighted by molar-refractivity contribution is 5.97. The van der Waals surface area contributed by atoms with E-state index < -0.39 is 0 Å². The van der Waals surface area contributed by atoms with Gasteiger partial charge in [0.1, 0.15) is 0 Å². The lowest BCUT2D eigenvalue weighted by molar-refractivity contribution is 0.590. The summed E-state index contributed by atoms with van der Waals surface area (Å²) in [4.78, 5) is 4.53. The first-order chi connectivity index (χ1) is 11.6. The molecule has 2 heteroatoms. The number of aryl methyl sites for hydroxylation is 2. The molecule has 1 aromatic heterocycles. The van der Waals surface area contributed by atoms with Gasteiger partial charge in [-0.15, -0.1) is 0 Å². The average molecular weight is 316 g/mol. The fourth-order valence-electron chi connectivity index (χ4n) is 3.16. The minimum atomic E-state index is 0.574. The Morgan fingerprint density at radius 3 is 2.71 bits per heavy atom. The number of nitrogens with one attached hydrogen (secondary N) is 1. The van der Waals surface area contributed by atoms with Crippen LogP contribution in [0.2, 0.25) is 0 Å².